The van der Waals surface area contributed by atoms with Crippen LogP contribution >= 0.6 is 11.8 Å². The molecular weight excluding hydrogens is 262 g/mol. The largest absolute Gasteiger partial charge is 0.307 e. The second-order valence-electron chi connectivity index (χ2n) is 5.54. The molecule has 0 aliphatic heterocycles. The van der Waals surface area contributed by atoms with Gasteiger partial charge in [-0.2, -0.15) is 0 Å². The lowest BCUT2D eigenvalue weighted by atomic mass is 10.1. The summed E-state index contributed by atoms with van der Waals surface area (Å²) >= 11 is 1.79. The Morgan fingerprint density at radius 1 is 1.00 bits per heavy atom. The maximum atomic E-state index is 3.77. The summed E-state index contributed by atoms with van der Waals surface area (Å²) in [5, 5.41) is 3.77. The quantitative estimate of drug-likeness (QED) is 0.843. The van der Waals surface area contributed by atoms with Crippen molar-refractivity contribution in [2.45, 2.75) is 36.7 Å². The highest BCUT2D eigenvalue weighted by molar-refractivity contribution is 7.98. The van der Waals surface area contributed by atoms with Gasteiger partial charge in [0.25, 0.3) is 0 Å². The van der Waals surface area contributed by atoms with Crippen LogP contribution in [0, 0.1) is 0 Å². The highest BCUT2D eigenvalue weighted by Gasteiger charge is 2.22. The van der Waals surface area contributed by atoms with Gasteiger partial charge in [-0.25, -0.2) is 0 Å². The van der Waals surface area contributed by atoms with E-state index in [-0.39, 0.29) is 0 Å². The van der Waals surface area contributed by atoms with Crippen molar-refractivity contribution < 1.29 is 0 Å². The van der Waals surface area contributed by atoms with Crippen molar-refractivity contribution in [3.8, 4) is 0 Å². The molecule has 1 unspecified atom stereocenters. The Morgan fingerprint density at radius 2 is 1.60 bits per heavy atom. The van der Waals surface area contributed by atoms with Crippen LogP contribution in [0.5, 0.6) is 0 Å². The molecule has 20 heavy (non-hydrogen) atoms. The van der Waals surface area contributed by atoms with Crippen LogP contribution in [0.25, 0.3) is 0 Å². The zero-order valence-corrected chi connectivity index (χ0v) is 12.9. The first kappa shape index (κ1) is 13.7. The van der Waals surface area contributed by atoms with Gasteiger partial charge in [-0.05, 0) is 54.8 Å². The Kier molecular flexibility index (Phi) is 4.13. The number of fused-ring (bicyclic) bond motifs is 1. The summed E-state index contributed by atoms with van der Waals surface area (Å²) in [5.41, 5.74) is 4.39. The van der Waals surface area contributed by atoms with Gasteiger partial charge >= 0.3 is 0 Å². The molecule has 2 aromatic rings. The summed E-state index contributed by atoms with van der Waals surface area (Å²) in [6.45, 7) is 2.26. The van der Waals surface area contributed by atoms with Gasteiger partial charge in [0, 0.05) is 17.0 Å². The smallest absolute Gasteiger partial charge is 0.0294 e. The van der Waals surface area contributed by atoms with Crippen LogP contribution in [0.3, 0.4) is 0 Å². The molecular formula is C18H21NS. The average Bonchev–Trinajstić information content (AvgIpc) is 2.89. The number of hydrogen-bond donors (Lipinski definition) is 1. The maximum absolute atomic E-state index is 3.77. The molecule has 1 aliphatic rings. The van der Waals surface area contributed by atoms with Crippen LogP contribution in [-0.4, -0.2) is 12.3 Å². The molecule has 1 atom stereocenters. The number of hydrogen-bond acceptors (Lipinski definition) is 2. The topological polar surface area (TPSA) is 12.0 Å². The van der Waals surface area contributed by atoms with Crippen molar-refractivity contribution in [1.29, 1.82) is 0 Å². The zero-order chi connectivity index (χ0) is 13.9. The molecule has 1 aliphatic carbocycles. The van der Waals surface area contributed by atoms with Crippen LogP contribution in [-0.2, 0) is 12.8 Å². The predicted octanol–water partition coefficient (Wildman–Crippen LogP) is 4.23. The van der Waals surface area contributed by atoms with E-state index >= 15 is 0 Å². The molecule has 0 fully saturated rings. The van der Waals surface area contributed by atoms with Crippen LogP contribution < -0.4 is 5.32 Å². The minimum Gasteiger partial charge on any atom is -0.307 e. The summed E-state index contributed by atoms with van der Waals surface area (Å²) in [7, 11) is 0. The SMILES string of the molecule is CSc1ccc(C(C)NC2Cc3ccccc3C2)cc1. The van der Waals surface area contributed by atoms with Crippen LogP contribution in [0.4, 0.5) is 0 Å². The average molecular weight is 283 g/mol. The van der Waals surface area contributed by atoms with Crippen molar-refractivity contribution in [2.24, 2.45) is 0 Å². The maximum Gasteiger partial charge on any atom is 0.0294 e. The Labute approximate surface area is 125 Å². The highest BCUT2D eigenvalue weighted by Crippen LogP contribution is 2.25. The highest BCUT2D eigenvalue weighted by atomic mass is 32.2. The number of thioether (sulfide) groups is 1. The van der Waals surface area contributed by atoms with Crippen molar-refractivity contribution >= 4 is 11.8 Å². The minimum atomic E-state index is 0.408. The lowest BCUT2D eigenvalue weighted by molar-refractivity contribution is 0.467. The molecule has 0 saturated heterocycles. The summed E-state index contributed by atoms with van der Waals surface area (Å²) in [6, 6.07) is 18.7. The van der Waals surface area contributed by atoms with E-state index in [1.54, 1.807) is 11.8 Å². The molecule has 0 heterocycles. The van der Waals surface area contributed by atoms with Gasteiger partial charge in [-0.3, -0.25) is 0 Å². The molecule has 104 valence electrons. The first-order valence-electron chi connectivity index (χ1n) is 7.23. The van der Waals surface area contributed by atoms with Gasteiger partial charge < -0.3 is 5.32 Å². The number of rotatable bonds is 4. The normalized spacial score (nSPS) is 16.1. The molecule has 1 nitrogen and oxygen atoms in total. The fraction of sp³-hybridized carbons (Fsp3) is 0.333. The molecule has 2 heteroatoms. The summed E-state index contributed by atoms with van der Waals surface area (Å²) in [4.78, 5) is 1.33. The Hall–Kier alpha value is -1.25. The molecule has 0 spiro atoms. The van der Waals surface area contributed by atoms with Gasteiger partial charge in [0.05, 0.1) is 0 Å². The fourth-order valence-electron chi connectivity index (χ4n) is 3.02. The summed E-state index contributed by atoms with van der Waals surface area (Å²) < 4.78 is 0. The first-order valence-corrected chi connectivity index (χ1v) is 8.45. The van der Waals surface area contributed by atoms with Gasteiger partial charge in [0.15, 0.2) is 0 Å². The molecule has 0 saturated carbocycles. The van der Waals surface area contributed by atoms with E-state index in [4.69, 9.17) is 0 Å². The van der Waals surface area contributed by atoms with E-state index in [0.29, 0.717) is 12.1 Å². The number of benzene rings is 2. The number of nitrogens with one attached hydrogen (secondary N) is 1. The third-order valence-corrected chi connectivity index (χ3v) is 4.90. The second-order valence-corrected chi connectivity index (χ2v) is 6.42. The van der Waals surface area contributed by atoms with Gasteiger partial charge in [0.2, 0.25) is 0 Å². The van der Waals surface area contributed by atoms with Crippen molar-refractivity contribution in [3.63, 3.8) is 0 Å². The van der Waals surface area contributed by atoms with E-state index < -0.39 is 0 Å². The molecule has 0 radical (unpaired) electrons. The van der Waals surface area contributed by atoms with Gasteiger partial charge in [-0.1, -0.05) is 36.4 Å². The van der Waals surface area contributed by atoms with E-state index in [1.807, 2.05) is 0 Å². The van der Waals surface area contributed by atoms with Crippen LogP contribution in [0.1, 0.15) is 29.7 Å². The third-order valence-electron chi connectivity index (χ3n) is 4.15. The molecule has 1 N–H and O–H groups in total. The van der Waals surface area contributed by atoms with Crippen LogP contribution in [0.15, 0.2) is 53.4 Å². The summed E-state index contributed by atoms with van der Waals surface area (Å²) in [5.74, 6) is 0. The van der Waals surface area contributed by atoms with Gasteiger partial charge in [0.1, 0.15) is 0 Å². The van der Waals surface area contributed by atoms with E-state index in [1.165, 1.54) is 21.6 Å². The fourth-order valence-corrected chi connectivity index (χ4v) is 3.43. The molecule has 0 amide bonds. The Balaban J connectivity index is 1.64. The van der Waals surface area contributed by atoms with Crippen LogP contribution in [0.2, 0.25) is 0 Å². The van der Waals surface area contributed by atoms with E-state index in [9.17, 15) is 0 Å². The Morgan fingerprint density at radius 3 is 2.15 bits per heavy atom. The summed E-state index contributed by atoms with van der Waals surface area (Å²) in [6.07, 6.45) is 4.43. The lowest BCUT2D eigenvalue weighted by Crippen LogP contribution is -2.32. The van der Waals surface area contributed by atoms with Crippen molar-refractivity contribution in [3.05, 3.63) is 65.2 Å². The van der Waals surface area contributed by atoms with E-state index in [0.717, 1.165) is 12.8 Å². The predicted molar refractivity (Wildman–Crippen MR) is 87.4 cm³/mol. The monoisotopic (exact) mass is 283 g/mol. The molecule has 0 bridgehead atoms. The second kappa shape index (κ2) is 6.02. The van der Waals surface area contributed by atoms with Gasteiger partial charge in [-0.15, -0.1) is 11.8 Å². The molecule has 2 aromatic carbocycles. The zero-order valence-electron chi connectivity index (χ0n) is 12.1. The van der Waals surface area contributed by atoms with Crippen molar-refractivity contribution in [1.82, 2.24) is 5.32 Å². The Bertz CT molecular complexity index is 551. The first-order chi connectivity index (χ1) is 9.76. The molecule has 0 aromatic heterocycles. The standard InChI is InChI=1S/C18H21NS/c1-13(14-7-9-18(20-2)10-8-14)19-17-11-15-5-3-4-6-16(15)12-17/h3-10,13,17,19H,11-12H2,1-2H3. The van der Waals surface area contributed by atoms with E-state index in [2.05, 4.69) is 67.0 Å². The lowest BCUT2D eigenvalue weighted by Gasteiger charge is -2.19. The minimum absolute atomic E-state index is 0.408. The third kappa shape index (κ3) is 2.92. The molecule has 3 rings (SSSR count). The van der Waals surface area contributed by atoms with Crippen molar-refractivity contribution in [2.75, 3.05) is 6.26 Å².